The van der Waals surface area contributed by atoms with Gasteiger partial charge in [-0.1, -0.05) is 41.9 Å². The highest BCUT2D eigenvalue weighted by Crippen LogP contribution is 2.38. The predicted octanol–water partition coefficient (Wildman–Crippen LogP) is 4.11. The zero-order valence-electron chi connectivity index (χ0n) is 11.7. The molecule has 7 heteroatoms. The highest BCUT2D eigenvalue weighted by molar-refractivity contribution is 6.34. The molecule has 0 bridgehead atoms. The van der Waals surface area contributed by atoms with Crippen molar-refractivity contribution >= 4 is 33.7 Å². The quantitative estimate of drug-likeness (QED) is 0.411. The van der Waals surface area contributed by atoms with Gasteiger partial charge in [0.2, 0.25) is 0 Å². The normalized spacial score (nSPS) is 11.2. The molecule has 0 aliphatic heterocycles. The zero-order valence-corrected chi connectivity index (χ0v) is 12.4. The van der Waals surface area contributed by atoms with Crippen LogP contribution in [0.15, 0.2) is 54.9 Å². The second-order valence-electron chi connectivity index (χ2n) is 5.04. The number of fused-ring (bicyclic) bond motifs is 3. The Morgan fingerprint density at radius 3 is 2.65 bits per heavy atom. The zero-order chi connectivity index (χ0) is 16.0. The van der Waals surface area contributed by atoms with E-state index in [0.29, 0.717) is 5.52 Å². The van der Waals surface area contributed by atoms with Crippen LogP contribution in [-0.2, 0) is 0 Å². The van der Waals surface area contributed by atoms with Gasteiger partial charge in [-0.05, 0) is 11.6 Å². The lowest BCUT2D eigenvalue weighted by molar-refractivity contribution is -0.384. The smallest absolute Gasteiger partial charge is 0.270 e. The largest absolute Gasteiger partial charge is 0.295 e. The third-order valence-electron chi connectivity index (χ3n) is 3.77. The Hall–Kier alpha value is -2.99. The Kier molecular flexibility index (Phi) is 2.99. The number of benzene rings is 2. The number of non-ortho nitro benzene ring substituents is 1. The monoisotopic (exact) mass is 324 g/mol. The molecule has 6 nitrogen and oxygen atoms in total. The van der Waals surface area contributed by atoms with E-state index in [1.807, 2.05) is 30.3 Å². The van der Waals surface area contributed by atoms with Crippen LogP contribution >= 0.6 is 11.6 Å². The van der Waals surface area contributed by atoms with Crippen molar-refractivity contribution in [1.82, 2.24) is 14.6 Å². The lowest BCUT2D eigenvalue weighted by Gasteiger charge is -2.02. The molecule has 0 aliphatic carbocycles. The standard InChI is InChI=1S/C16H9ClN4O2/c17-16-15-14(10-4-2-1-3-5-10)12-8-11(21(22)23)6-7-13(12)20(15)9-18-19-16/h1-9H. The molecule has 0 radical (unpaired) electrons. The number of hydrogen-bond donors (Lipinski definition) is 0. The fraction of sp³-hybridized carbons (Fsp3) is 0. The summed E-state index contributed by atoms with van der Waals surface area (Å²) in [6, 6.07) is 14.3. The highest BCUT2D eigenvalue weighted by atomic mass is 35.5. The van der Waals surface area contributed by atoms with Gasteiger partial charge in [-0.3, -0.25) is 14.5 Å². The van der Waals surface area contributed by atoms with Gasteiger partial charge in [-0.2, -0.15) is 0 Å². The number of halogens is 1. The van der Waals surface area contributed by atoms with Gasteiger partial charge in [-0.15, -0.1) is 10.2 Å². The summed E-state index contributed by atoms with van der Waals surface area (Å²) in [6.45, 7) is 0. The maximum atomic E-state index is 11.1. The van der Waals surface area contributed by atoms with E-state index in [1.54, 1.807) is 22.9 Å². The molecule has 23 heavy (non-hydrogen) atoms. The summed E-state index contributed by atoms with van der Waals surface area (Å²) in [5.74, 6) is 0. The van der Waals surface area contributed by atoms with Gasteiger partial charge in [0.05, 0.1) is 16.0 Å². The lowest BCUT2D eigenvalue weighted by Crippen LogP contribution is -1.91. The first-order valence-electron chi connectivity index (χ1n) is 6.81. The average molecular weight is 325 g/mol. The van der Waals surface area contributed by atoms with Crippen molar-refractivity contribution in [1.29, 1.82) is 0 Å². The third-order valence-corrected chi connectivity index (χ3v) is 4.02. The van der Waals surface area contributed by atoms with E-state index < -0.39 is 4.92 Å². The van der Waals surface area contributed by atoms with E-state index in [0.717, 1.165) is 22.0 Å². The van der Waals surface area contributed by atoms with Crippen molar-refractivity contribution in [3.05, 3.63) is 70.1 Å². The number of nitrogens with zero attached hydrogens (tertiary/aromatic N) is 4. The van der Waals surface area contributed by atoms with Crippen molar-refractivity contribution in [3.63, 3.8) is 0 Å². The van der Waals surface area contributed by atoms with Crippen LogP contribution < -0.4 is 0 Å². The summed E-state index contributed by atoms with van der Waals surface area (Å²) in [5.41, 5.74) is 3.23. The number of hydrogen-bond acceptors (Lipinski definition) is 4. The third kappa shape index (κ3) is 2.03. The van der Waals surface area contributed by atoms with Crippen molar-refractivity contribution in [3.8, 4) is 11.1 Å². The molecule has 4 rings (SSSR count). The Morgan fingerprint density at radius 1 is 1.13 bits per heavy atom. The molecule has 0 saturated heterocycles. The molecular formula is C16H9ClN4O2. The second-order valence-corrected chi connectivity index (χ2v) is 5.40. The van der Waals surface area contributed by atoms with Gasteiger partial charge in [-0.25, -0.2) is 0 Å². The topological polar surface area (TPSA) is 73.3 Å². The summed E-state index contributed by atoms with van der Waals surface area (Å²) in [6.07, 6.45) is 1.56. The number of aromatic nitrogens is 3. The van der Waals surface area contributed by atoms with Crippen LogP contribution in [0.25, 0.3) is 27.5 Å². The van der Waals surface area contributed by atoms with Crippen molar-refractivity contribution < 1.29 is 4.92 Å². The first-order chi connectivity index (χ1) is 11.2. The van der Waals surface area contributed by atoms with Crippen LogP contribution in [0.5, 0.6) is 0 Å². The summed E-state index contributed by atoms with van der Waals surface area (Å²) in [5, 5.41) is 19.9. The first-order valence-corrected chi connectivity index (χ1v) is 7.19. The maximum Gasteiger partial charge on any atom is 0.270 e. The van der Waals surface area contributed by atoms with Crippen molar-refractivity contribution in [2.24, 2.45) is 0 Å². The molecule has 112 valence electrons. The van der Waals surface area contributed by atoms with Crippen LogP contribution in [0.1, 0.15) is 0 Å². The van der Waals surface area contributed by atoms with E-state index >= 15 is 0 Å². The molecular weight excluding hydrogens is 316 g/mol. The molecule has 0 saturated carbocycles. The Labute approximate surface area is 135 Å². The fourth-order valence-corrected chi connectivity index (χ4v) is 3.04. The van der Waals surface area contributed by atoms with Crippen LogP contribution in [0.4, 0.5) is 5.69 Å². The van der Waals surface area contributed by atoms with Gasteiger partial charge in [0, 0.05) is 23.1 Å². The van der Waals surface area contributed by atoms with Crippen LogP contribution in [-0.4, -0.2) is 19.5 Å². The lowest BCUT2D eigenvalue weighted by atomic mass is 10.0. The number of rotatable bonds is 2. The molecule has 0 fully saturated rings. The average Bonchev–Trinajstić information content (AvgIpc) is 2.91. The summed E-state index contributed by atoms with van der Waals surface area (Å²) in [7, 11) is 0. The molecule has 0 atom stereocenters. The summed E-state index contributed by atoms with van der Waals surface area (Å²) in [4.78, 5) is 10.7. The minimum Gasteiger partial charge on any atom is -0.295 e. The highest BCUT2D eigenvalue weighted by Gasteiger charge is 2.19. The van der Waals surface area contributed by atoms with Gasteiger partial charge in [0.25, 0.3) is 5.69 Å². The van der Waals surface area contributed by atoms with E-state index in [2.05, 4.69) is 10.2 Å². The SMILES string of the molecule is O=[N+]([O-])c1ccc2c(c1)c(-c1ccccc1)c1c(Cl)nncn12. The van der Waals surface area contributed by atoms with Gasteiger partial charge in [0.15, 0.2) is 5.15 Å². The van der Waals surface area contributed by atoms with E-state index in [-0.39, 0.29) is 10.8 Å². The van der Waals surface area contributed by atoms with Crippen molar-refractivity contribution in [2.75, 3.05) is 0 Å². The van der Waals surface area contributed by atoms with E-state index in [4.69, 9.17) is 11.6 Å². The summed E-state index contributed by atoms with van der Waals surface area (Å²) >= 11 is 6.26. The minimum absolute atomic E-state index is 0.0302. The fourth-order valence-electron chi connectivity index (χ4n) is 2.81. The van der Waals surface area contributed by atoms with E-state index in [9.17, 15) is 10.1 Å². The molecule has 2 aromatic carbocycles. The molecule has 0 unspecified atom stereocenters. The Morgan fingerprint density at radius 2 is 1.91 bits per heavy atom. The molecule has 0 amide bonds. The number of nitro groups is 1. The maximum absolute atomic E-state index is 11.1. The minimum atomic E-state index is -0.408. The molecule has 0 N–H and O–H groups in total. The number of nitro benzene ring substituents is 1. The summed E-state index contributed by atoms with van der Waals surface area (Å²) < 4.78 is 1.80. The molecule has 4 aromatic rings. The van der Waals surface area contributed by atoms with Gasteiger partial charge in [0.1, 0.15) is 6.33 Å². The Balaban J connectivity index is 2.23. The molecule has 2 aromatic heterocycles. The Bertz CT molecular complexity index is 1060. The van der Waals surface area contributed by atoms with Gasteiger partial charge < -0.3 is 0 Å². The molecule has 2 heterocycles. The van der Waals surface area contributed by atoms with Crippen molar-refractivity contribution in [2.45, 2.75) is 0 Å². The van der Waals surface area contributed by atoms with E-state index in [1.165, 1.54) is 6.07 Å². The second kappa shape index (κ2) is 5.03. The van der Waals surface area contributed by atoms with Crippen LogP contribution in [0.3, 0.4) is 0 Å². The molecule has 0 aliphatic rings. The molecule has 0 spiro atoms. The van der Waals surface area contributed by atoms with Crippen LogP contribution in [0.2, 0.25) is 5.15 Å². The predicted molar refractivity (Wildman–Crippen MR) is 87.6 cm³/mol. The van der Waals surface area contributed by atoms with Gasteiger partial charge >= 0.3 is 0 Å². The van der Waals surface area contributed by atoms with Crippen LogP contribution in [0, 0.1) is 10.1 Å². The first kappa shape index (κ1) is 13.7.